The van der Waals surface area contributed by atoms with Gasteiger partial charge in [0.15, 0.2) is 0 Å². The smallest absolute Gasteiger partial charge is 0.319 e. The number of fused-ring (bicyclic) bond motifs is 2. The Morgan fingerprint density at radius 2 is 2.16 bits per heavy atom. The number of carboxylic acid groups (broad SMARTS) is 1. The standard InChI is InChI=1S/C21H22N2O2.C2HClFIO2/c24-18-10-16-19-13-9-17-21(6-7-22(17)11-12(13)5-8-25-16)14-3-1-2-4-15(14)23(18)20(19)21;3-2(4,5)1(6)7/h1-5,13,16-17,19-20H,6-11H2;(H,6,7)/t13-,16-,17-,19-,20-,21+;/m0./s1. The van der Waals surface area contributed by atoms with E-state index in [1.165, 1.54) is 35.5 Å². The van der Waals surface area contributed by atoms with E-state index in [2.05, 4.69) is 46.8 Å². The Morgan fingerprint density at radius 1 is 1.41 bits per heavy atom. The number of piperidine rings is 2. The lowest BCUT2D eigenvalue weighted by Gasteiger charge is -2.56. The fourth-order valence-electron chi connectivity index (χ4n) is 7.73. The van der Waals surface area contributed by atoms with Crippen LogP contribution in [0.1, 0.15) is 24.8 Å². The van der Waals surface area contributed by atoms with Gasteiger partial charge in [-0.3, -0.25) is 4.90 Å². The number of carbonyl (C=O) groups is 2. The highest BCUT2D eigenvalue weighted by molar-refractivity contribution is 14.1. The van der Waals surface area contributed by atoms with E-state index >= 15 is 0 Å². The second kappa shape index (κ2) is 7.21. The zero-order valence-corrected chi connectivity index (χ0v) is 20.1. The van der Waals surface area contributed by atoms with Crippen LogP contribution < -0.4 is 10.0 Å². The zero-order chi connectivity index (χ0) is 22.4. The van der Waals surface area contributed by atoms with Crippen LogP contribution in [0.2, 0.25) is 0 Å². The summed E-state index contributed by atoms with van der Waals surface area (Å²) in [4.78, 5) is 26.5. The molecule has 1 saturated carbocycles. The number of carbonyl (C=O) groups excluding carboxylic acids is 2. The predicted molar refractivity (Wildman–Crippen MR) is 120 cm³/mol. The third-order valence-electron chi connectivity index (χ3n) is 8.62. The average Bonchev–Trinajstić information content (AvgIpc) is 3.21. The molecule has 5 aliphatic heterocycles. The highest BCUT2D eigenvalue weighted by Gasteiger charge is 2.74. The molecule has 2 bridgehead atoms. The van der Waals surface area contributed by atoms with Crippen LogP contribution in [0.15, 0.2) is 35.9 Å². The van der Waals surface area contributed by atoms with Crippen LogP contribution in [0, 0.1) is 11.8 Å². The fourth-order valence-corrected chi connectivity index (χ4v) is 7.73. The van der Waals surface area contributed by atoms with E-state index in [4.69, 9.17) is 4.74 Å². The number of benzene rings is 1. The van der Waals surface area contributed by atoms with Crippen molar-refractivity contribution >= 4 is 51.8 Å². The molecule has 1 N–H and O–H groups in total. The summed E-state index contributed by atoms with van der Waals surface area (Å²) in [6, 6.07) is 9.84. The zero-order valence-electron chi connectivity index (χ0n) is 17.2. The van der Waals surface area contributed by atoms with Gasteiger partial charge in [-0.2, -0.15) is 0 Å². The molecular weight excluding hydrogens is 550 g/mol. The molecule has 32 heavy (non-hydrogen) atoms. The number of nitrogens with one attached hydrogen (secondary N) is 1. The van der Waals surface area contributed by atoms with Crippen molar-refractivity contribution in [1.82, 2.24) is 4.90 Å². The van der Waals surface area contributed by atoms with Gasteiger partial charge >= 0.3 is 5.91 Å². The van der Waals surface area contributed by atoms with Crippen molar-refractivity contribution in [2.45, 2.75) is 46.0 Å². The summed E-state index contributed by atoms with van der Waals surface area (Å²) < 4.78 is 15.1. The van der Waals surface area contributed by atoms with Gasteiger partial charge in [0.1, 0.15) is 17.7 Å². The van der Waals surface area contributed by atoms with E-state index in [0.29, 0.717) is 42.9 Å². The minimum atomic E-state index is -2.75. The van der Waals surface area contributed by atoms with Crippen LogP contribution in [0.4, 0.5) is 10.1 Å². The Hall–Kier alpha value is -1.07. The van der Waals surface area contributed by atoms with Gasteiger partial charge in [-0.1, -0.05) is 41.4 Å². The molecule has 1 amide bonds. The minimum Gasteiger partial charge on any atom is -0.544 e. The summed E-state index contributed by atoms with van der Waals surface area (Å²) in [5, 5.41) is 9.40. The molecule has 6 aliphatic rings. The van der Waals surface area contributed by atoms with Crippen LogP contribution in [-0.4, -0.2) is 57.8 Å². The Kier molecular flexibility index (Phi) is 4.84. The summed E-state index contributed by atoms with van der Waals surface area (Å²) in [5.74, 6) is -0.431. The van der Waals surface area contributed by atoms with Crippen LogP contribution in [0.5, 0.6) is 0 Å². The Morgan fingerprint density at radius 3 is 2.91 bits per heavy atom. The number of hydrogen-bond donors (Lipinski definition) is 1. The van der Waals surface area contributed by atoms with E-state index in [1.54, 1.807) is 5.57 Å². The first kappa shape index (κ1) is 21.5. The lowest BCUT2D eigenvalue weighted by atomic mass is 9.53. The number of nitrogens with zero attached hydrogens (tertiary/aromatic N) is 1. The molecule has 1 aromatic carbocycles. The van der Waals surface area contributed by atoms with Crippen molar-refractivity contribution in [3.8, 4) is 0 Å². The van der Waals surface area contributed by atoms with Crippen molar-refractivity contribution in [3.05, 3.63) is 41.5 Å². The van der Waals surface area contributed by atoms with Crippen molar-refractivity contribution in [1.29, 1.82) is 0 Å². The average molecular weight is 573 g/mol. The van der Waals surface area contributed by atoms with E-state index in [-0.39, 0.29) is 11.5 Å². The number of halogens is 3. The minimum absolute atomic E-state index is 0.124. The molecule has 0 radical (unpaired) electrons. The number of alkyl halides is 3. The molecule has 2 unspecified atom stereocenters. The van der Waals surface area contributed by atoms with Crippen molar-refractivity contribution in [3.63, 3.8) is 0 Å². The largest absolute Gasteiger partial charge is 0.544 e. The lowest BCUT2D eigenvalue weighted by molar-refractivity contribution is -0.793. The first-order valence-electron chi connectivity index (χ1n) is 11.1. The number of carboxylic acids is 1. The second-order valence-electron chi connectivity index (χ2n) is 9.70. The van der Waals surface area contributed by atoms with Gasteiger partial charge in [-0.15, -0.1) is 0 Å². The molecule has 0 aromatic heterocycles. The molecule has 8 atom stereocenters. The second-order valence-corrected chi connectivity index (χ2v) is 12.3. The van der Waals surface area contributed by atoms with Gasteiger partial charge < -0.3 is 14.6 Å². The summed E-state index contributed by atoms with van der Waals surface area (Å²) in [6.07, 6.45) is 5.53. The number of amides is 1. The molecule has 1 spiro atoms. The molecule has 9 heteroatoms. The molecule has 4 fully saturated rings. The normalized spacial score (nSPS) is 42.1. The Labute approximate surface area is 203 Å². The number of para-hydroxylation sites is 1. The molecule has 1 aromatic rings. The molecule has 170 valence electrons. The van der Waals surface area contributed by atoms with E-state index in [1.807, 2.05) is 0 Å². The molecule has 1 aliphatic carbocycles. The van der Waals surface area contributed by atoms with Crippen LogP contribution in [0.3, 0.4) is 0 Å². The summed E-state index contributed by atoms with van der Waals surface area (Å²) in [5.41, 5.74) is 4.52. The highest BCUT2D eigenvalue weighted by atomic mass is 127. The maximum Gasteiger partial charge on any atom is 0.319 e. The summed E-state index contributed by atoms with van der Waals surface area (Å²) in [6.45, 7) is 3.00. The van der Waals surface area contributed by atoms with Crippen LogP contribution >= 0.6 is 34.2 Å². The van der Waals surface area contributed by atoms with Gasteiger partial charge in [0.25, 0.3) is 3.13 Å². The first-order valence-corrected chi connectivity index (χ1v) is 12.5. The SMILES string of the molecule is O=C([O-])C(F)(Cl)I.O=C1C[C@@H]2OCC=C3CN4CC[C@]56c7ccccc7[NH+]1[C@H]5[C@H]2[C@H]3C[C@H]46. The lowest BCUT2D eigenvalue weighted by Crippen LogP contribution is -3.17. The van der Waals surface area contributed by atoms with Crippen molar-refractivity contribution in [2.75, 3.05) is 19.7 Å². The summed E-state index contributed by atoms with van der Waals surface area (Å²) >= 11 is 5.43. The quantitative estimate of drug-likeness (QED) is 0.307. The van der Waals surface area contributed by atoms with E-state index in [0.717, 1.165) is 29.1 Å². The van der Waals surface area contributed by atoms with Gasteiger partial charge in [-0.25, -0.2) is 14.1 Å². The molecule has 6 nitrogen and oxygen atoms in total. The highest BCUT2D eigenvalue weighted by Crippen LogP contribution is 2.61. The maximum atomic E-state index is 13.2. The predicted octanol–water partition coefficient (Wildman–Crippen LogP) is 0.836. The van der Waals surface area contributed by atoms with Gasteiger partial charge in [0.05, 0.1) is 24.5 Å². The summed E-state index contributed by atoms with van der Waals surface area (Å²) in [7, 11) is 0. The third kappa shape index (κ3) is 2.79. The molecule has 5 heterocycles. The fraction of sp³-hybridized carbons (Fsp3) is 0.565. The molecular formula is C23H23ClFIN2O4. The molecule has 7 rings (SSSR count). The number of rotatable bonds is 1. The molecule has 3 saturated heterocycles. The van der Waals surface area contributed by atoms with Crippen LogP contribution in [0.25, 0.3) is 0 Å². The monoisotopic (exact) mass is 572 g/mol. The van der Waals surface area contributed by atoms with Crippen molar-refractivity contribution < 1.29 is 28.7 Å². The van der Waals surface area contributed by atoms with E-state index in [9.17, 15) is 19.1 Å². The number of aliphatic carboxylic acids is 1. The number of ether oxygens (including phenoxy) is 1. The number of hydrogen-bond acceptors (Lipinski definition) is 5. The first-order chi connectivity index (χ1) is 15.2. The Balaban J connectivity index is 0.000000247. The van der Waals surface area contributed by atoms with Gasteiger partial charge in [0, 0.05) is 24.1 Å². The topological polar surface area (TPSA) is 74.1 Å². The number of quaternary nitrogens is 1. The van der Waals surface area contributed by atoms with Crippen molar-refractivity contribution in [2.24, 2.45) is 11.8 Å². The van der Waals surface area contributed by atoms with Gasteiger partial charge in [0.2, 0.25) is 0 Å². The van der Waals surface area contributed by atoms with Gasteiger partial charge in [-0.05, 0) is 54.0 Å². The van der Waals surface area contributed by atoms with E-state index < -0.39 is 9.10 Å². The maximum absolute atomic E-state index is 13.2. The Bertz CT molecular complexity index is 1050. The van der Waals surface area contributed by atoms with Crippen LogP contribution in [-0.2, 0) is 19.7 Å². The third-order valence-corrected chi connectivity index (χ3v) is 9.22.